The van der Waals surface area contributed by atoms with Gasteiger partial charge < -0.3 is 0 Å². The summed E-state index contributed by atoms with van der Waals surface area (Å²) in [4.78, 5) is 0. The summed E-state index contributed by atoms with van der Waals surface area (Å²) in [5.41, 5.74) is 0. The highest BCUT2D eigenvalue weighted by atomic mass is 32.2. The van der Waals surface area contributed by atoms with Gasteiger partial charge in [-0.15, -0.1) is 0 Å². The highest BCUT2D eigenvalue weighted by Gasteiger charge is 2.17. The van der Waals surface area contributed by atoms with E-state index in [2.05, 4.69) is 39.5 Å². The lowest BCUT2D eigenvalue weighted by molar-refractivity contribution is 0.531. The minimum Gasteiger partial charge on any atom is -0.155 e. The molecule has 0 radical (unpaired) electrons. The lowest BCUT2D eigenvalue weighted by Gasteiger charge is -2.24. The molecule has 33 heavy (non-hydrogen) atoms. The normalized spacial score (nSPS) is 13.5. The molecule has 200 valence electrons. The molecule has 0 N–H and O–H groups in total. The van der Waals surface area contributed by atoms with Crippen LogP contribution in [0.4, 0.5) is 0 Å². The summed E-state index contributed by atoms with van der Waals surface area (Å²) in [5, 5.41) is 1.89. The lowest BCUT2D eigenvalue weighted by Crippen LogP contribution is -2.12. The van der Waals surface area contributed by atoms with E-state index < -0.39 is 0 Å². The summed E-state index contributed by atoms with van der Waals surface area (Å²) >= 11 is 2.45. The molecule has 0 rings (SSSR count). The molecule has 0 saturated heterocycles. The Bertz CT molecular complexity index is 307. The van der Waals surface area contributed by atoms with Gasteiger partial charge >= 0.3 is 0 Å². The summed E-state index contributed by atoms with van der Waals surface area (Å²) in [6.07, 6.45) is 37.8. The molecule has 0 aromatic rings. The standard InChI is InChI=1S/C32H66S/c1-5-9-13-17-21-25-29-31(27-23-19-15-11-7-3)33-32(28-24-20-16-12-8-4)30-26-22-18-14-10-6-2/h31-32H,5-30H2,1-4H3. The SMILES string of the molecule is CCCCCCCCC(CCCCCCC)SC(CCCCCCC)CCCCCCCC. The largest absolute Gasteiger partial charge is 0.155 e. The third-order valence-electron chi connectivity index (χ3n) is 7.40. The van der Waals surface area contributed by atoms with Crippen molar-refractivity contribution in [2.24, 2.45) is 0 Å². The van der Waals surface area contributed by atoms with Crippen LogP contribution in [0.15, 0.2) is 0 Å². The Kier molecular flexibility index (Phi) is 28.9. The van der Waals surface area contributed by atoms with Crippen LogP contribution < -0.4 is 0 Å². The first-order valence-corrected chi connectivity index (χ1v) is 16.9. The molecule has 2 atom stereocenters. The Hall–Kier alpha value is 0.350. The zero-order valence-electron chi connectivity index (χ0n) is 23.9. The summed E-state index contributed by atoms with van der Waals surface area (Å²) < 4.78 is 0. The molecule has 0 aliphatic rings. The predicted octanol–water partition coefficient (Wildman–Crippen LogP) is 12.7. The molecule has 0 aliphatic carbocycles. The molecule has 1 heteroatoms. The van der Waals surface area contributed by atoms with E-state index in [4.69, 9.17) is 0 Å². The van der Waals surface area contributed by atoms with Crippen molar-refractivity contribution in [2.75, 3.05) is 0 Å². The molecule has 0 fully saturated rings. The number of thioether (sulfide) groups is 1. The first-order valence-electron chi connectivity index (χ1n) is 15.9. The highest BCUT2D eigenvalue weighted by Crippen LogP contribution is 2.33. The zero-order valence-corrected chi connectivity index (χ0v) is 24.8. The fourth-order valence-corrected chi connectivity index (χ4v) is 6.84. The monoisotopic (exact) mass is 482 g/mol. The average molecular weight is 483 g/mol. The van der Waals surface area contributed by atoms with Crippen molar-refractivity contribution in [1.82, 2.24) is 0 Å². The molecule has 0 heterocycles. The molecule has 0 saturated carbocycles. The fourth-order valence-electron chi connectivity index (χ4n) is 5.09. The van der Waals surface area contributed by atoms with Gasteiger partial charge in [0.2, 0.25) is 0 Å². The number of unbranched alkanes of at least 4 members (excludes halogenated alkanes) is 18. The van der Waals surface area contributed by atoms with Crippen molar-refractivity contribution >= 4 is 11.8 Å². The third-order valence-corrected chi connectivity index (χ3v) is 9.12. The number of hydrogen-bond acceptors (Lipinski definition) is 1. The molecule has 0 aliphatic heterocycles. The summed E-state index contributed by atoms with van der Waals surface area (Å²) in [6, 6.07) is 0. The summed E-state index contributed by atoms with van der Waals surface area (Å²) in [7, 11) is 0. The van der Waals surface area contributed by atoms with Crippen molar-refractivity contribution in [1.29, 1.82) is 0 Å². The summed E-state index contributed by atoms with van der Waals surface area (Å²) in [5.74, 6) is 0. The van der Waals surface area contributed by atoms with E-state index in [1.54, 1.807) is 0 Å². The van der Waals surface area contributed by atoms with Gasteiger partial charge in [0.25, 0.3) is 0 Å². The maximum Gasteiger partial charge on any atom is 0.00498 e. The van der Waals surface area contributed by atoms with Gasteiger partial charge in [-0.1, -0.05) is 169 Å². The second-order valence-corrected chi connectivity index (χ2v) is 12.5. The fraction of sp³-hybridized carbons (Fsp3) is 1.00. The Morgan fingerprint density at radius 3 is 0.758 bits per heavy atom. The van der Waals surface area contributed by atoms with E-state index in [-0.39, 0.29) is 0 Å². The average Bonchev–Trinajstić information content (AvgIpc) is 2.82. The lowest BCUT2D eigenvalue weighted by atomic mass is 10.0. The van der Waals surface area contributed by atoms with Gasteiger partial charge in [-0.05, 0) is 25.7 Å². The van der Waals surface area contributed by atoms with Crippen LogP contribution in [-0.2, 0) is 0 Å². The van der Waals surface area contributed by atoms with E-state index in [1.165, 1.54) is 167 Å². The van der Waals surface area contributed by atoms with Crippen LogP contribution in [0.25, 0.3) is 0 Å². The summed E-state index contributed by atoms with van der Waals surface area (Å²) in [6.45, 7) is 9.34. The molecule has 0 bridgehead atoms. The van der Waals surface area contributed by atoms with E-state index in [9.17, 15) is 0 Å². The molecule has 0 aromatic heterocycles. The molecular weight excluding hydrogens is 416 g/mol. The predicted molar refractivity (Wildman–Crippen MR) is 158 cm³/mol. The third kappa shape index (κ3) is 25.3. The van der Waals surface area contributed by atoms with Gasteiger partial charge in [-0.25, -0.2) is 0 Å². The van der Waals surface area contributed by atoms with E-state index >= 15 is 0 Å². The second-order valence-electron chi connectivity index (χ2n) is 10.9. The van der Waals surface area contributed by atoms with Crippen LogP contribution in [0.1, 0.15) is 195 Å². The van der Waals surface area contributed by atoms with Gasteiger partial charge in [0.15, 0.2) is 0 Å². The van der Waals surface area contributed by atoms with Crippen molar-refractivity contribution < 1.29 is 0 Å². The minimum absolute atomic E-state index is 0.943. The molecule has 0 aromatic carbocycles. The topological polar surface area (TPSA) is 0 Å². The molecular formula is C32H66S. The van der Waals surface area contributed by atoms with Crippen molar-refractivity contribution in [3.8, 4) is 0 Å². The minimum atomic E-state index is 0.943. The number of hydrogen-bond donors (Lipinski definition) is 0. The molecule has 0 nitrogen and oxygen atoms in total. The van der Waals surface area contributed by atoms with Crippen LogP contribution in [-0.4, -0.2) is 10.5 Å². The Morgan fingerprint density at radius 2 is 0.515 bits per heavy atom. The van der Waals surface area contributed by atoms with E-state index in [0.717, 1.165) is 10.5 Å². The van der Waals surface area contributed by atoms with E-state index in [1.807, 2.05) is 0 Å². The smallest absolute Gasteiger partial charge is 0.00498 e. The Labute approximate surface area is 216 Å². The van der Waals surface area contributed by atoms with Crippen LogP contribution in [0.2, 0.25) is 0 Å². The maximum atomic E-state index is 2.45. The van der Waals surface area contributed by atoms with Gasteiger partial charge in [-0.2, -0.15) is 11.8 Å². The van der Waals surface area contributed by atoms with Crippen LogP contribution in [0.3, 0.4) is 0 Å². The molecule has 2 unspecified atom stereocenters. The first kappa shape index (κ1) is 33.4. The quantitative estimate of drug-likeness (QED) is 0.0999. The van der Waals surface area contributed by atoms with Crippen molar-refractivity contribution in [2.45, 2.75) is 205 Å². The Balaban J connectivity index is 4.54. The van der Waals surface area contributed by atoms with Crippen LogP contribution in [0, 0.1) is 0 Å². The maximum absolute atomic E-state index is 2.45. The van der Waals surface area contributed by atoms with Gasteiger partial charge in [0.1, 0.15) is 0 Å². The van der Waals surface area contributed by atoms with Crippen molar-refractivity contribution in [3.05, 3.63) is 0 Å². The van der Waals surface area contributed by atoms with Crippen LogP contribution in [0.5, 0.6) is 0 Å². The van der Waals surface area contributed by atoms with Crippen molar-refractivity contribution in [3.63, 3.8) is 0 Å². The second kappa shape index (κ2) is 28.6. The Morgan fingerprint density at radius 1 is 0.303 bits per heavy atom. The van der Waals surface area contributed by atoms with Gasteiger partial charge in [0.05, 0.1) is 0 Å². The highest BCUT2D eigenvalue weighted by molar-refractivity contribution is 8.00. The van der Waals surface area contributed by atoms with Gasteiger partial charge in [0, 0.05) is 10.5 Å². The first-order chi connectivity index (χ1) is 16.3. The van der Waals surface area contributed by atoms with Gasteiger partial charge in [-0.3, -0.25) is 0 Å². The van der Waals surface area contributed by atoms with E-state index in [0.29, 0.717) is 0 Å². The number of rotatable bonds is 28. The molecule has 0 spiro atoms. The molecule has 0 amide bonds. The zero-order chi connectivity index (χ0) is 24.2. The van der Waals surface area contributed by atoms with Crippen LogP contribution >= 0.6 is 11.8 Å².